The maximum atomic E-state index is 14.1. The van der Waals surface area contributed by atoms with Gasteiger partial charge in [-0.3, -0.25) is 0 Å². The van der Waals surface area contributed by atoms with Gasteiger partial charge in [-0.1, -0.05) is 0 Å². The third kappa shape index (κ3) is 2.93. The lowest BCUT2D eigenvalue weighted by molar-refractivity contribution is 0.563. The van der Waals surface area contributed by atoms with Gasteiger partial charge in [0.15, 0.2) is 11.5 Å². The summed E-state index contributed by atoms with van der Waals surface area (Å²) in [6.07, 6.45) is 4.48. The van der Waals surface area contributed by atoms with Crippen LogP contribution < -0.4 is 16.3 Å². The maximum absolute atomic E-state index is 14.1. The standard InChI is InChI=1S/C21H19FN4O2/c1-12-6-17(22)20-25-18(11-26(20)10-12)16-7-13-2-3-14(8-19(13)28-21(16)27)24-15-4-5-23-9-15/h2-3,6-8,10-11,15,23-24H,4-5,9H2,1H3. The maximum Gasteiger partial charge on any atom is 0.345 e. The molecule has 1 aromatic carbocycles. The fourth-order valence-corrected chi connectivity index (χ4v) is 3.71. The zero-order valence-corrected chi connectivity index (χ0v) is 15.3. The summed E-state index contributed by atoms with van der Waals surface area (Å²) in [4.78, 5) is 16.9. The predicted molar refractivity (Wildman–Crippen MR) is 106 cm³/mol. The van der Waals surface area contributed by atoms with E-state index in [-0.39, 0.29) is 5.65 Å². The first-order valence-electron chi connectivity index (χ1n) is 9.27. The van der Waals surface area contributed by atoms with Gasteiger partial charge >= 0.3 is 5.63 Å². The predicted octanol–water partition coefficient (Wildman–Crippen LogP) is 3.33. The molecule has 2 N–H and O–H groups in total. The summed E-state index contributed by atoms with van der Waals surface area (Å²) in [6, 6.07) is 9.26. The molecule has 6 nitrogen and oxygen atoms in total. The second kappa shape index (κ2) is 6.45. The minimum atomic E-state index is -0.493. The third-order valence-electron chi connectivity index (χ3n) is 5.09. The highest BCUT2D eigenvalue weighted by Gasteiger charge is 2.16. The quantitative estimate of drug-likeness (QED) is 0.535. The van der Waals surface area contributed by atoms with Crippen LogP contribution in [0.5, 0.6) is 0 Å². The number of pyridine rings is 1. The molecule has 28 heavy (non-hydrogen) atoms. The normalized spacial score (nSPS) is 16.9. The molecular weight excluding hydrogens is 359 g/mol. The molecule has 1 fully saturated rings. The number of aryl methyl sites for hydroxylation is 1. The van der Waals surface area contributed by atoms with Crippen LogP contribution in [0.2, 0.25) is 0 Å². The van der Waals surface area contributed by atoms with Crippen molar-refractivity contribution in [2.45, 2.75) is 19.4 Å². The summed E-state index contributed by atoms with van der Waals surface area (Å²) in [5.74, 6) is -0.423. The molecule has 1 saturated heterocycles. The first-order valence-corrected chi connectivity index (χ1v) is 9.27. The van der Waals surface area contributed by atoms with Crippen LogP contribution in [0.1, 0.15) is 12.0 Å². The van der Waals surface area contributed by atoms with E-state index in [0.717, 1.165) is 36.1 Å². The van der Waals surface area contributed by atoms with Gasteiger partial charge in [0.25, 0.3) is 0 Å². The molecule has 1 atom stereocenters. The fraction of sp³-hybridized carbons (Fsp3) is 0.238. The molecule has 1 aliphatic heterocycles. The number of nitrogens with zero attached hydrogens (tertiary/aromatic N) is 2. The molecule has 4 heterocycles. The van der Waals surface area contributed by atoms with E-state index in [1.54, 1.807) is 29.8 Å². The average molecular weight is 378 g/mol. The SMILES string of the molecule is Cc1cc(F)c2nc(-c3cc4ccc(NC5CCNC5)cc4oc3=O)cn2c1. The second-order valence-corrected chi connectivity index (χ2v) is 7.26. The molecule has 1 unspecified atom stereocenters. The number of aromatic nitrogens is 2. The van der Waals surface area contributed by atoms with Gasteiger partial charge in [0.05, 0.1) is 11.3 Å². The van der Waals surface area contributed by atoms with E-state index in [4.69, 9.17) is 4.42 Å². The molecular formula is C21H19FN4O2. The molecule has 1 aliphatic rings. The van der Waals surface area contributed by atoms with E-state index in [1.807, 2.05) is 18.2 Å². The van der Waals surface area contributed by atoms with Gasteiger partial charge in [-0.05, 0) is 49.7 Å². The van der Waals surface area contributed by atoms with E-state index < -0.39 is 11.4 Å². The molecule has 0 spiro atoms. The van der Waals surface area contributed by atoms with Crippen molar-refractivity contribution in [3.8, 4) is 11.3 Å². The molecule has 3 aromatic heterocycles. The minimum absolute atomic E-state index is 0.185. The van der Waals surface area contributed by atoms with Gasteiger partial charge in [-0.15, -0.1) is 0 Å². The number of hydrogen-bond donors (Lipinski definition) is 2. The Labute approximate surface area is 160 Å². The smallest absolute Gasteiger partial charge is 0.345 e. The van der Waals surface area contributed by atoms with E-state index in [9.17, 15) is 9.18 Å². The summed E-state index contributed by atoms with van der Waals surface area (Å²) in [7, 11) is 0. The molecule has 0 amide bonds. The first-order chi connectivity index (χ1) is 13.6. The lowest BCUT2D eigenvalue weighted by Gasteiger charge is -2.13. The highest BCUT2D eigenvalue weighted by Crippen LogP contribution is 2.25. The summed E-state index contributed by atoms with van der Waals surface area (Å²) < 4.78 is 21.3. The minimum Gasteiger partial charge on any atom is -0.422 e. The monoisotopic (exact) mass is 378 g/mol. The average Bonchev–Trinajstić information content (AvgIpc) is 3.30. The Hall–Kier alpha value is -3.19. The van der Waals surface area contributed by atoms with Crippen molar-refractivity contribution in [2.24, 2.45) is 0 Å². The third-order valence-corrected chi connectivity index (χ3v) is 5.09. The number of fused-ring (bicyclic) bond motifs is 2. The first kappa shape index (κ1) is 16.9. The molecule has 0 aliphatic carbocycles. The summed E-state index contributed by atoms with van der Waals surface area (Å²) >= 11 is 0. The van der Waals surface area contributed by atoms with Crippen LogP contribution in [-0.2, 0) is 0 Å². The van der Waals surface area contributed by atoms with Crippen molar-refractivity contribution in [1.82, 2.24) is 14.7 Å². The van der Waals surface area contributed by atoms with Gasteiger partial charge in [0, 0.05) is 42.1 Å². The van der Waals surface area contributed by atoms with Gasteiger partial charge in [0.1, 0.15) is 5.58 Å². The zero-order chi connectivity index (χ0) is 19.3. The summed E-state index contributed by atoms with van der Waals surface area (Å²) in [5, 5.41) is 7.55. The largest absolute Gasteiger partial charge is 0.422 e. The number of nitrogens with one attached hydrogen (secondary N) is 2. The Morgan fingerprint density at radius 1 is 1.29 bits per heavy atom. The molecule has 7 heteroatoms. The molecule has 0 radical (unpaired) electrons. The topological polar surface area (TPSA) is 71.6 Å². The van der Waals surface area contributed by atoms with Crippen LogP contribution >= 0.6 is 0 Å². The Morgan fingerprint density at radius 3 is 3.00 bits per heavy atom. The van der Waals surface area contributed by atoms with Gasteiger partial charge in [-0.25, -0.2) is 14.2 Å². The Morgan fingerprint density at radius 2 is 2.18 bits per heavy atom. The van der Waals surface area contributed by atoms with Crippen LogP contribution in [-0.4, -0.2) is 28.5 Å². The Kier molecular flexibility index (Phi) is 3.91. The highest BCUT2D eigenvalue weighted by atomic mass is 19.1. The molecule has 0 bridgehead atoms. The summed E-state index contributed by atoms with van der Waals surface area (Å²) in [6.45, 7) is 3.73. The lowest BCUT2D eigenvalue weighted by atomic mass is 10.1. The van der Waals surface area contributed by atoms with Crippen molar-refractivity contribution in [2.75, 3.05) is 18.4 Å². The van der Waals surface area contributed by atoms with Crippen molar-refractivity contribution in [3.05, 3.63) is 64.5 Å². The van der Waals surface area contributed by atoms with E-state index in [0.29, 0.717) is 22.9 Å². The number of imidazole rings is 1. The van der Waals surface area contributed by atoms with Crippen LogP contribution in [0.15, 0.2) is 51.9 Å². The van der Waals surface area contributed by atoms with Crippen LogP contribution in [0.4, 0.5) is 10.1 Å². The Balaban J connectivity index is 1.56. The second-order valence-electron chi connectivity index (χ2n) is 7.26. The molecule has 5 rings (SSSR count). The van der Waals surface area contributed by atoms with Crippen molar-refractivity contribution in [3.63, 3.8) is 0 Å². The highest BCUT2D eigenvalue weighted by molar-refractivity contribution is 5.84. The van der Waals surface area contributed by atoms with Gasteiger partial charge in [0.2, 0.25) is 0 Å². The van der Waals surface area contributed by atoms with Crippen LogP contribution in [0.3, 0.4) is 0 Å². The van der Waals surface area contributed by atoms with Gasteiger partial charge in [-0.2, -0.15) is 0 Å². The van der Waals surface area contributed by atoms with E-state index >= 15 is 0 Å². The van der Waals surface area contributed by atoms with Crippen molar-refractivity contribution < 1.29 is 8.81 Å². The van der Waals surface area contributed by atoms with E-state index in [2.05, 4.69) is 15.6 Å². The van der Waals surface area contributed by atoms with Crippen molar-refractivity contribution in [1.29, 1.82) is 0 Å². The number of rotatable bonds is 3. The molecule has 142 valence electrons. The molecule has 0 saturated carbocycles. The fourth-order valence-electron chi connectivity index (χ4n) is 3.71. The number of halogens is 1. The van der Waals surface area contributed by atoms with Crippen LogP contribution in [0, 0.1) is 12.7 Å². The number of benzene rings is 1. The van der Waals surface area contributed by atoms with E-state index in [1.165, 1.54) is 6.07 Å². The van der Waals surface area contributed by atoms with Crippen molar-refractivity contribution >= 4 is 22.3 Å². The Bertz CT molecular complexity index is 1250. The molecule has 4 aromatic rings. The zero-order valence-electron chi connectivity index (χ0n) is 15.3. The van der Waals surface area contributed by atoms with Gasteiger partial charge < -0.3 is 19.5 Å². The van der Waals surface area contributed by atoms with Crippen LogP contribution in [0.25, 0.3) is 27.9 Å². The lowest BCUT2D eigenvalue weighted by Crippen LogP contribution is -2.21. The summed E-state index contributed by atoms with van der Waals surface area (Å²) in [5.41, 5.74) is 2.60. The number of hydrogen-bond acceptors (Lipinski definition) is 5. The number of anilines is 1.